The maximum Gasteiger partial charge on any atom is 0.268 e. The molecule has 4 fully saturated rings. The number of rotatable bonds is 13. The largest absolute Gasteiger partial charge is 0.453 e. The number of carbonyl (C=O) groups excluding carboxylic acids is 1. The van der Waals surface area contributed by atoms with Crippen LogP contribution in [0.1, 0.15) is 118 Å². The Kier molecular flexibility index (Phi) is 12.4. The lowest BCUT2D eigenvalue weighted by atomic mass is 9.70. The van der Waals surface area contributed by atoms with Gasteiger partial charge in [-0.25, -0.2) is 22.5 Å². The van der Waals surface area contributed by atoms with Crippen molar-refractivity contribution in [2.75, 3.05) is 42.9 Å². The first kappa shape index (κ1) is 45.3. The molecular weight excluding hydrogens is 858 g/mol. The van der Waals surface area contributed by atoms with E-state index in [-0.39, 0.29) is 55.7 Å². The minimum absolute atomic E-state index is 0.00289. The van der Waals surface area contributed by atoms with E-state index in [0.29, 0.717) is 43.0 Å². The topological polar surface area (TPSA) is 169 Å². The fraction of sp³-hybridized carbons (Fsp3) is 0.451. The zero-order valence-corrected chi connectivity index (χ0v) is 38.6. The predicted molar refractivity (Wildman–Crippen MR) is 254 cm³/mol. The molecule has 2 aliphatic carbocycles. The van der Waals surface area contributed by atoms with Crippen LogP contribution >= 0.6 is 0 Å². The number of hydrogen-bond acceptors (Lipinski definition) is 11. The number of halogens is 1. The molecule has 13 nitrogen and oxygen atoms in total. The Labute approximate surface area is 385 Å². The van der Waals surface area contributed by atoms with Crippen molar-refractivity contribution in [3.8, 4) is 23.8 Å². The molecule has 2 aromatic heterocycles. The van der Waals surface area contributed by atoms with Gasteiger partial charge in [-0.1, -0.05) is 44.5 Å². The number of likely N-dealkylation sites (tertiary alicyclic amines) is 1. The maximum absolute atomic E-state index is 14.8. The third-order valence-corrected chi connectivity index (χ3v) is 16.1. The first-order valence-corrected chi connectivity index (χ1v) is 24.7. The number of nitrogens with zero attached hydrogens (tertiary/aromatic N) is 4. The molecular formula is C51H58FN7O6S. The van der Waals surface area contributed by atoms with Gasteiger partial charge in [-0.3, -0.25) is 9.69 Å². The van der Waals surface area contributed by atoms with Gasteiger partial charge in [-0.2, -0.15) is 0 Å². The number of nitrogens with one attached hydrogen (secondary N) is 3. The number of H-pyrrole nitrogens is 1. The fourth-order valence-electron chi connectivity index (χ4n) is 10.9. The number of ether oxygens (including phenoxy) is 1. The van der Waals surface area contributed by atoms with E-state index in [1.165, 1.54) is 54.7 Å². The van der Waals surface area contributed by atoms with E-state index in [2.05, 4.69) is 79.0 Å². The van der Waals surface area contributed by atoms with Crippen molar-refractivity contribution in [3.05, 3.63) is 106 Å². The van der Waals surface area contributed by atoms with Gasteiger partial charge >= 0.3 is 0 Å². The summed E-state index contributed by atoms with van der Waals surface area (Å²) in [6.07, 6.45) is 15.6. The van der Waals surface area contributed by atoms with Gasteiger partial charge < -0.3 is 25.0 Å². The highest BCUT2D eigenvalue weighted by Gasteiger charge is 2.49. The number of sulfonamides is 1. The minimum Gasteiger partial charge on any atom is -0.453 e. The van der Waals surface area contributed by atoms with Crippen LogP contribution in [-0.2, 0) is 10.0 Å². The molecule has 4 N–H and O–H groups in total. The Morgan fingerprint density at radius 3 is 2.52 bits per heavy atom. The molecule has 3 aromatic carbocycles. The summed E-state index contributed by atoms with van der Waals surface area (Å²) < 4.78 is 50.8. The van der Waals surface area contributed by atoms with Gasteiger partial charge in [0.1, 0.15) is 22.9 Å². The van der Waals surface area contributed by atoms with E-state index >= 15 is 0 Å². The molecule has 4 aliphatic rings. The summed E-state index contributed by atoms with van der Waals surface area (Å²) in [4.78, 5) is 37.7. The Balaban J connectivity index is 0.921. The molecule has 2 aliphatic heterocycles. The summed E-state index contributed by atoms with van der Waals surface area (Å²) in [6.45, 7) is 10.6. The zero-order chi connectivity index (χ0) is 46.4. The lowest BCUT2D eigenvalue weighted by Crippen LogP contribution is -2.63. The zero-order valence-electron chi connectivity index (χ0n) is 37.8. The number of benzene rings is 3. The van der Waals surface area contributed by atoms with Crippen molar-refractivity contribution in [3.63, 3.8) is 0 Å². The molecule has 1 amide bonds. The van der Waals surface area contributed by atoms with Crippen molar-refractivity contribution in [2.24, 2.45) is 16.5 Å². The Hall–Kier alpha value is -5.82. The quantitative estimate of drug-likeness (QED) is 0.0659. The van der Waals surface area contributed by atoms with Crippen LogP contribution in [0.5, 0.6) is 11.5 Å². The number of aliphatic hydroxyl groups is 1. The van der Waals surface area contributed by atoms with Crippen molar-refractivity contribution >= 4 is 44.0 Å². The lowest BCUT2D eigenvalue weighted by molar-refractivity contribution is -0.0493. The van der Waals surface area contributed by atoms with Gasteiger partial charge in [-0.05, 0) is 140 Å². The molecule has 4 heterocycles. The highest BCUT2D eigenvalue weighted by Crippen LogP contribution is 2.49. The third-order valence-electron chi connectivity index (χ3n) is 14.7. The summed E-state index contributed by atoms with van der Waals surface area (Å²) in [6, 6.07) is 19.7. The minimum atomic E-state index is -4.53. The first-order valence-electron chi connectivity index (χ1n) is 23.2. The molecule has 0 unspecified atom stereocenters. The molecule has 15 heteroatoms. The summed E-state index contributed by atoms with van der Waals surface area (Å²) >= 11 is 0. The molecule has 346 valence electrons. The van der Waals surface area contributed by atoms with Crippen LogP contribution in [-0.4, -0.2) is 78.7 Å². The monoisotopic (exact) mass is 915 g/mol. The van der Waals surface area contributed by atoms with E-state index in [1.54, 1.807) is 12.1 Å². The number of pyridine rings is 1. The number of piperidine rings is 1. The number of carbonyl (C=O) groups is 1. The Morgan fingerprint density at radius 1 is 1.03 bits per heavy atom. The number of hydrogen-bond donors (Lipinski definition) is 4. The van der Waals surface area contributed by atoms with E-state index in [4.69, 9.17) is 11.2 Å². The Morgan fingerprint density at radius 2 is 1.79 bits per heavy atom. The highest BCUT2D eigenvalue weighted by molar-refractivity contribution is 7.90. The van der Waals surface area contributed by atoms with Gasteiger partial charge in [0.25, 0.3) is 15.9 Å². The number of nitroso groups, excluding NO2 is 1. The average Bonchev–Trinajstić information content (AvgIpc) is 3.93. The standard InChI is InChI=1S/C51H58FN7O6S/c1-5-42-47(27-40-41(52)29-54-48(40)55-42)65-46-25-34(58-23-21-51(22-24-58)30-59(31-51)45-12-8-11-38(45)37-10-7-6-9-36(37)32(2)3)13-15-39(46)49(60)57-66(63,64)35-14-16-43(44(26-35)56-62)53-28-33-17-19-50(4,61)20-18-33/h1,6-7,9-10,13-16,25-27,29,32-33,38,45,53,61H,8,11-12,17-24,28,30-31H2,2-4H3,(H,54,55)(H,57,60)/t33-,38-,45-,50-/m1/s1. The lowest BCUT2D eigenvalue weighted by Gasteiger charge is -2.57. The highest BCUT2D eigenvalue weighted by atomic mass is 32.2. The Bertz CT molecular complexity index is 2790. The van der Waals surface area contributed by atoms with Crippen LogP contribution < -0.4 is 19.7 Å². The molecule has 2 saturated carbocycles. The predicted octanol–water partition coefficient (Wildman–Crippen LogP) is 9.71. The number of fused-ring (bicyclic) bond motifs is 1. The van der Waals surface area contributed by atoms with E-state index in [0.717, 1.165) is 69.8 Å². The molecule has 5 aromatic rings. The van der Waals surface area contributed by atoms with Crippen LogP contribution in [0.2, 0.25) is 0 Å². The molecule has 1 spiro atoms. The van der Waals surface area contributed by atoms with Gasteiger partial charge in [0.2, 0.25) is 0 Å². The molecule has 0 radical (unpaired) electrons. The van der Waals surface area contributed by atoms with E-state index < -0.39 is 27.3 Å². The smallest absolute Gasteiger partial charge is 0.268 e. The summed E-state index contributed by atoms with van der Waals surface area (Å²) in [5, 5.41) is 16.7. The van der Waals surface area contributed by atoms with Gasteiger partial charge in [0, 0.05) is 56.7 Å². The van der Waals surface area contributed by atoms with Crippen molar-refractivity contribution in [1.29, 1.82) is 0 Å². The number of amides is 1. The van der Waals surface area contributed by atoms with Gasteiger partial charge in [-0.15, -0.1) is 11.3 Å². The molecule has 2 atom stereocenters. The maximum atomic E-state index is 14.8. The molecule has 0 bridgehead atoms. The van der Waals surface area contributed by atoms with E-state index in [1.807, 2.05) is 6.92 Å². The third kappa shape index (κ3) is 9.15. The van der Waals surface area contributed by atoms with Crippen molar-refractivity contribution in [1.82, 2.24) is 19.6 Å². The molecule has 2 saturated heterocycles. The van der Waals surface area contributed by atoms with Gasteiger partial charge in [0.15, 0.2) is 11.4 Å². The van der Waals surface area contributed by atoms with E-state index in [9.17, 15) is 27.6 Å². The SMILES string of the molecule is C#Cc1nc2[nH]cc(F)c2cc1Oc1cc(N2CCC3(CC2)CN([C@@H]2CCC[C@@H]2c2ccccc2C(C)C)C3)ccc1C(=O)NS(=O)(=O)c1ccc(NC[C@H]2CC[C@](C)(O)CC2)c(N=O)c1. The fourth-order valence-corrected chi connectivity index (χ4v) is 11.9. The summed E-state index contributed by atoms with van der Waals surface area (Å²) in [7, 11) is -4.53. The normalized spacial score (nSPS) is 23.1. The van der Waals surface area contributed by atoms with Crippen molar-refractivity contribution < 1.29 is 27.4 Å². The number of terminal acetylenes is 1. The molecule has 9 rings (SSSR count). The molecule has 66 heavy (non-hydrogen) atoms. The first-order chi connectivity index (χ1) is 31.6. The second-order valence-electron chi connectivity index (χ2n) is 19.6. The summed E-state index contributed by atoms with van der Waals surface area (Å²) in [5.41, 5.74) is 3.67. The summed E-state index contributed by atoms with van der Waals surface area (Å²) in [5.74, 6) is 2.22. The number of anilines is 2. The second kappa shape index (κ2) is 18.1. The average molecular weight is 916 g/mol. The van der Waals surface area contributed by atoms with Crippen LogP contribution in [0.15, 0.2) is 83.0 Å². The number of aromatic amines is 1. The van der Waals surface area contributed by atoms with Crippen LogP contribution in [0.4, 0.5) is 21.5 Å². The van der Waals surface area contributed by atoms with Gasteiger partial charge in [0.05, 0.1) is 27.1 Å². The second-order valence-corrected chi connectivity index (χ2v) is 21.3. The van der Waals surface area contributed by atoms with Crippen LogP contribution in [0.3, 0.4) is 0 Å². The number of aromatic nitrogens is 2. The van der Waals surface area contributed by atoms with Crippen LogP contribution in [0, 0.1) is 34.4 Å². The van der Waals surface area contributed by atoms with Crippen molar-refractivity contribution in [2.45, 2.75) is 107 Å². The van der Waals surface area contributed by atoms with Crippen LogP contribution in [0.25, 0.3) is 11.0 Å².